The molecule has 0 aromatic rings. The van der Waals surface area contributed by atoms with E-state index < -0.39 is 0 Å². The van der Waals surface area contributed by atoms with E-state index in [4.69, 9.17) is 0 Å². The summed E-state index contributed by atoms with van der Waals surface area (Å²) in [6.45, 7) is 8.00. The Labute approximate surface area is 95.2 Å². The standard InChI is InChI=1S/C11H20BrNO/c1-4-13(7-9-5-6-9)11(14)10(12)8(2)3/h8-10H,4-7H2,1-3H3. The third-order valence-corrected chi connectivity index (χ3v) is 4.14. The number of carbonyl (C=O) groups is 1. The molecule has 2 nitrogen and oxygen atoms in total. The molecule has 1 rings (SSSR count). The van der Waals surface area contributed by atoms with Gasteiger partial charge in [-0.3, -0.25) is 4.79 Å². The average molecular weight is 262 g/mol. The highest BCUT2D eigenvalue weighted by atomic mass is 79.9. The van der Waals surface area contributed by atoms with Crippen molar-refractivity contribution in [2.45, 2.75) is 38.4 Å². The van der Waals surface area contributed by atoms with Gasteiger partial charge in [0.25, 0.3) is 0 Å². The van der Waals surface area contributed by atoms with Crippen LogP contribution in [0.4, 0.5) is 0 Å². The number of nitrogens with zero attached hydrogens (tertiary/aromatic N) is 1. The van der Waals surface area contributed by atoms with Crippen LogP contribution < -0.4 is 0 Å². The highest BCUT2D eigenvalue weighted by Crippen LogP contribution is 2.30. The summed E-state index contributed by atoms with van der Waals surface area (Å²) in [7, 11) is 0. The van der Waals surface area contributed by atoms with Crippen LogP contribution in [0.15, 0.2) is 0 Å². The molecule has 0 aromatic carbocycles. The van der Waals surface area contributed by atoms with Crippen LogP contribution >= 0.6 is 15.9 Å². The Balaban J connectivity index is 2.45. The van der Waals surface area contributed by atoms with E-state index in [1.54, 1.807) is 0 Å². The number of halogens is 1. The number of alkyl halides is 1. The number of carbonyl (C=O) groups excluding carboxylic acids is 1. The lowest BCUT2D eigenvalue weighted by atomic mass is 10.1. The quantitative estimate of drug-likeness (QED) is 0.697. The number of hydrogen-bond donors (Lipinski definition) is 0. The first-order chi connectivity index (χ1) is 6.56. The van der Waals surface area contributed by atoms with Gasteiger partial charge >= 0.3 is 0 Å². The molecule has 0 N–H and O–H groups in total. The fourth-order valence-corrected chi connectivity index (χ4v) is 1.74. The first-order valence-corrected chi connectivity index (χ1v) is 6.40. The Kier molecular flexibility index (Phi) is 4.42. The zero-order valence-electron chi connectivity index (χ0n) is 9.29. The Morgan fingerprint density at radius 3 is 2.43 bits per heavy atom. The molecule has 0 saturated heterocycles. The van der Waals surface area contributed by atoms with E-state index in [1.165, 1.54) is 12.8 Å². The van der Waals surface area contributed by atoms with Gasteiger partial charge in [-0.1, -0.05) is 29.8 Å². The summed E-state index contributed by atoms with van der Waals surface area (Å²) in [6, 6.07) is 0. The lowest BCUT2D eigenvalue weighted by Crippen LogP contribution is -2.39. The first-order valence-electron chi connectivity index (χ1n) is 5.49. The maximum atomic E-state index is 12.0. The summed E-state index contributed by atoms with van der Waals surface area (Å²) in [4.78, 5) is 13.9. The molecule has 0 heterocycles. The van der Waals surface area contributed by atoms with Gasteiger partial charge in [-0.05, 0) is 31.6 Å². The van der Waals surface area contributed by atoms with E-state index in [1.807, 2.05) is 4.90 Å². The van der Waals surface area contributed by atoms with E-state index in [0.717, 1.165) is 19.0 Å². The molecule has 0 aromatic heterocycles. The fourth-order valence-electron chi connectivity index (χ4n) is 1.45. The van der Waals surface area contributed by atoms with Gasteiger partial charge < -0.3 is 4.90 Å². The largest absolute Gasteiger partial charge is 0.342 e. The summed E-state index contributed by atoms with van der Waals surface area (Å²) in [5, 5.41) is 0. The Bertz CT molecular complexity index is 201. The SMILES string of the molecule is CCN(CC1CC1)C(=O)C(Br)C(C)C. The third kappa shape index (κ3) is 3.26. The van der Waals surface area contributed by atoms with Crippen molar-refractivity contribution in [3.05, 3.63) is 0 Å². The molecular formula is C11H20BrNO. The molecule has 1 unspecified atom stereocenters. The zero-order valence-corrected chi connectivity index (χ0v) is 10.9. The predicted octanol–water partition coefficient (Wildman–Crippen LogP) is 2.66. The Morgan fingerprint density at radius 1 is 1.50 bits per heavy atom. The van der Waals surface area contributed by atoms with Gasteiger partial charge in [0, 0.05) is 13.1 Å². The highest BCUT2D eigenvalue weighted by molar-refractivity contribution is 9.10. The van der Waals surface area contributed by atoms with Crippen molar-refractivity contribution >= 4 is 21.8 Å². The van der Waals surface area contributed by atoms with Crippen LogP contribution in [0.3, 0.4) is 0 Å². The van der Waals surface area contributed by atoms with Gasteiger partial charge in [0.05, 0.1) is 4.83 Å². The van der Waals surface area contributed by atoms with Crippen LogP contribution in [-0.2, 0) is 4.79 Å². The number of amides is 1. The lowest BCUT2D eigenvalue weighted by Gasteiger charge is -2.25. The van der Waals surface area contributed by atoms with Crippen molar-refractivity contribution in [2.75, 3.05) is 13.1 Å². The fraction of sp³-hybridized carbons (Fsp3) is 0.909. The van der Waals surface area contributed by atoms with Gasteiger partial charge in [-0.2, -0.15) is 0 Å². The minimum Gasteiger partial charge on any atom is -0.342 e. The zero-order chi connectivity index (χ0) is 10.7. The molecular weight excluding hydrogens is 242 g/mol. The van der Waals surface area contributed by atoms with Gasteiger partial charge in [-0.15, -0.1) is 0 Å². The summed E-state index contributed by atoms with van der Waals surface area (Å²) in [5.74, 6) is 1.41. The monoisotopic (exact) mass is 261 g/mol. The Hall–Kier alpha value is -0.0500. The smallest absolute Gasteiger partial charge is 0.236 e. The normalized spacial score (nSPS) is 18.4. The molecule has 0 radical (unpaired) electrons. The van der Waals surface area contributed by atoms with Crippen LogP contribution in [0.5, 0.6) is 0 Å². The molecule has 1 saturated carbocycles. The van der Waals surface area contributed by atoms with E-state index in [2.05, 4.69) is 36.7 Å². The van der Waals surface area contributed by atoms with Crippen LogP contribution in [0, 0.1) is 11.8 Å². The van der Waals surface area contributed by atoms with E-state index in [0.29, 0.717) is 5.92 Å². The minimum absolute atomic E-state index is 0.0128. The molecule has 1 atom stereocenters. The molecule has 1 amide bonds. The third-order valence-electron chi connectivity index (χ3n) is 2.69. The number of hydrogen-bond acceptors (Lipinski definition) is 1. The van der Waals surface area contributed by atoms with Gasteiger partial charge in [-0.25, -0.2) is 0 Å². The van der Waals surface area contributed by atoms with E-state index >= 15 is 0 Å². The van der Waals surface area contributed by atoms with Crippen molar-refractivity contribution in [2.24, 2.45) is 11.8 Å². The molecule has 0 aliphatic heterocycles. The summed E-state index contributed by atoms with van der Waals surface area (Å²) in [6.07, 6.45) is 2.61. The second-order valence-electron chi connectivity index (χ2n) is 4.47. The van der Waals surface area contributed by atoms with Crippen molar-refractivity contribution in [1.29, 1.82) is 0 Å². The number of rotatable bonds is 5. The topological polar surface area (TPSA) is 20.3 Å². The summed E-state index contributed by atoms with van der Waals surface area (Å²) < 4.78 is 0. The van der Waals surface area contributed by atoms with Crippen LogP contribution in [-0.4, -0.2) is 28.7 Å². The molecule has 0 spiro atoms. The molecule has 14 heavy (non-hydrogen) atoms. The van der Waals surface area contributed by atoms with E-state index in [9.17, 15) is 4.79 Å². The first kappa shape index (κ1) is 12.0. The second kappa shape index (κ2) is 5.15. The van der Waals surface area contributed by atoms with Gasteiger partial charge in [0.2, 0.25) is 5.91 Å². The van der Waals surface area contributed by atoms with Crippen molar-refractivity contribution in [3.8, 4) is 0 Å². The van der Waals surface area contributed by atoms with Crippen LogP contribution in [0.1, 0.15) is 33.6 Å². The maximum absolute atomic E-state index is 12.0. The van der Waals surface area contributed by atoms with Gasteiger partial charge in [0.1, 0.15) is 0 Å². The maximum Gasteiger partial charge on any atom is 0.236 e. The summed E-state index contributed by atoms with van der Waals surface area (Å²) in [5.41, 5.74) is 0. The Morgan fingerprint density at radius 2 is 2.07 bits per heavy atom. The van der Waals surface area contributed by atoms with Crippen molar-refractivity contribution in [3.63, 3.8) is 0 Å². The van der Waals surface area contributed by atoms with Gasteiger partial charge in [0.15, 0.2) is 0 Å². The second-order valence-corrected chi connectivity index (χ2v) is 5.45. The minimum atomic E-state index is -0.0128. The molecule has 82 valence electrons. The van der Waals surface area contributed by atoms with Crippen LogP contribution in [0.2, 0.25) is 0 Å². The predicted molar refractivity (Wildman–Crippen MR) is 62.5 cm³/mol. The average Bonchev–Trinajstić information content (AvgIpc) is 2.95. The molecule has 0 bridgehead atoms. The van der Waals surface area contributed by atoms with Crippen molar-refractivity contribution in [1.82, 2.24) is 4.90 Å². The lowest BCUT2D eigenvalue weighted by molar-refractivity contribution is -0.131. The van der Waals surface area contributed by atoms with E-state index in [-0.39, 0.29) is 10.7 Å². The molecule has 3 heteroatoms. The van der Waals surface area contributed by atoms with Crippen molar-refractivity contribution < 1.29 is 4.79 Å². The molecule has 1 aliphatic carbocycles. The molecule has 1 fully saturated rings. The summed E-state index contributed by atoms with van der Waals surface area (Å²) >= 11 is 3.47. The highest BCUT2D eigenvalue weighted by Gasteiger charge is 2.29. The molecule has 1 aliphatic rings. The van der Waals surface area contributed by atoms with Crippen LogP contribution in [0.25, 0.3) is 0 Å².